The Hall–Kier alpha value is -2.90. The summed E-state index contributed by atoms with van der Waals surface area (Å²) >= 11 is 0. The second kappa shape index (κ2) is 8.32. The predicted octanol–water partition coefficient (Wildman–Crippen LogP) is 5.61. The van der Waals surface area contributed by atoms with Crippen molar-refractivity contribution in [1.82, 2.24) is 4.90 Å². The van der Waals surface area contributed by atoms with Gasteiger partial charge in [0.2, 0.25) is 0 Å². The van der Waals surface area contributed by atoms with Gasteiger partial charge in [-0.3, -0.25) is 4.79 Å². The van der Waals surface area contributed by atoms with Gasteiger partial charge in [-0.1, -0.05) is 30.3 Å². The zero-order valence-electron chi connectivity index (χ0n) is 16.6. The summed E-state index contributed by atoms with van der Waals surface area (Å²) in [5.74, 6) is -2.34. The number of Topliss-reactive ketones (excluding diaryl/α,β-unsaturated/α-hetero) is 1. The Bertz CT molecular complexity index is 963. The number of fused-ring (bicyclic) bond motifs is 2. The van der Waals surface area contributed by atoms with E-state index >= 15 is 0 Å². The molecule has 2 atom stereocenters. The van der Waals surface area contributed by atoms with Gasteiger partial charge in [-0.25, -0.2) is 9.18 Å². The average molecular weight is 435 g/mol. The molecule has 0 spiro atoms. The van der Waals surface area contributed by atoms with Gasteiger partial charge in [0.05, 0.1) is 5.56 Å². The van der Waals surface area contributed by atoms with Gasteiger partial charge in [-0.15, -0.1) is 0 Å². The van der Waals surface area contributed by atoms with E-state index in [0.29, 0.717) is 18.9 Å². The molecule has 2 fully saturated rings. The Morgan fingerprint density at radius 2 is 1.65 bits per heavy atom. The van der Waals surface area contributed by atoms with Crippen molar-refractivity contribution in [1.29, 1.82) is 0 Å². The zero-order chi connectivity index (χ0) is 22.2. The summed E-state index contributed by atoms with van der Waals surface area (Å²) in [6.45, 7) is 0.127. The first-order valence-corrected chi connectivity index (χ1v) is 10.1. The second-order valence-corrected chi connectivity index (χ2v) is 8.05. The number of ether oxygens (including phenoxy) is 1. The molecule has 164 valence electrons. The molecule has 2 aromatic carbocycles. The summed E-state index contributed by atoms with van der Waals surface area (Å²) < 4.78 is 58.8. The van der Waals surface area contributed by atoms with Crippen LogP contribution in [-0.4, -0.2) is 28.9 Å². The fraction of sp³-hybridized carbons (Fsp3) is 0.391. The summed E-state index contributed by atoms with van der Waals surface area (Å²) in [5.41, 5.74) is -0.919. The highest BCUT2D eigenvalue weighted by atomic mass is 19.4. The van der Waals surface area contributed by atoms with E-state index in [-0.39, 0.29) is 31.5 Å². The van der Waals surface area contributed by atoms with Crippen LogP contribution in [0, 0.1) is 11.7 Å². The molecule has 0 N–H and O–H groups in total. The smallest absolute Gasteiger partial charge is 0.417 e. The normalized spacial score (nSPS) is 23.0. The molecular formula is C23H21F4NO3. The highest BCUT2D eigenvalue weighted by molar-refractivity contribution is 5.99. The Kier molecular flexibility index (Phi) is 5.73. The van der Waals surface area contributed by atoms with Crippen molar-refractivity contribution < 1.29 is 31.9 Å². The Balaban J connectivity index is 1.46. The third-order valence-electron chi connectivity index (χ3n) is 6.07. The summed E-state index contributed by atoms with van der Waals surface area (Å²) in [7, 11) is 0. The number of carbonyl (C=O) groups excluding carboxylic acids is 2. The van der Waals surface area contributed by atoms with Gasteiger partial charge in [0.15, 0.2) is 5.78 Å². The molecule has 4 nitrogen and oxygen atoms in total. The summed E-state index contributed by atoms with van der Waals surface area (Å²) in [5, 5.41) is 0. The number of benzene rings is 2. The monoisotopic (exact) mass is 435 g/mol. The first-order chi connectivity index (χ1) is 14.7. The molecule has 2 bridgehead atoms. The highest BCUT2D eigenvalue weighted by Crippen LogP contribution is 2.42. The molecule has 2 heterocycles. The standard InChI is InChI=1S/C23H21F4NO3/c24-16-6-9-19(20(12-16)23(25,26)27)21(29)15-10-17-7-8-18(11-15)28(17)22(30)31-13-14-4-2-1-3-5-14/h1-6,9,12,15,17-18H,7-8,10-11,13H2. The number of nitrogens with zero attached hydrogens (tertiary/aromatic N) is 1. The van der Waals surface area contributed by atoms with Crippen molar-refractivity contribution in [2.24, 2.45) is 5.92 Å². The molecule has 2 aromatic rings. The Morgan fingerprint density at radius 3 is 2.26 bits per heavy atom. The number of carbonyl (C=O) groups is 2. The van der Waals surface area contributed by atoms with E-state index in [9.17, 15) is 27.2 Å². The number of alkyl halides is 3. The van der Waals surface area contributed by atoms with E-state index in [1.54, 1.807) is 4.90 Å². The van der Waals surface area contributed by atoms with Crippen LogP contribution < -0.4 is 0 Å². The van der Waals surface area contributed by atoms with Crippen molar-refractivity contribution in [2.75, 3.05) is 0 Å². The Labute approximate surface area is 176 Å². The minimum Gasteiger partial charge on any atom is -0.445 e. The maximum Gasteiger partial charge on any atom is 0.417 e. The number of rotatable bonds is 4. The topological polar surface area (TPSA) is 46.6 Å². The predicted molar refractivity (Wildman–Crippen MR) is 104 cm³/mol. The van der Waals surface area contributed by atoms with Crippen LogP contribution >= 0.6 is 0 Å². The van der Waals surface area contributed by atoms with Gasteiger partial charge in [0.25, 0.3) is 0 Å². The van der Waals surface area contributed by atoms with Crippen LogP contribution in [0.15, 0.2) is 48.5 Å². The number of ketones is 1. The van der Waals surface area contributed by atoms with E-state index in [2.05, 4.69) is 0 Å². The molecule has 2 aliphatic rings. The van der Waals surface area contributed by atoms with Crippen LogP contribution in [0.1, 0.15) is 47.2 Å². The molecule has 0 aromatic heterocycles. The van der Waals surface area contributed by atoms with E-state index in [0.717, 1.165) is 17.7 Å². The third kappa shape index (κ3) is 4.43. The lowest BCUT2D eigenvalue weighted by Crippen LogP contribution is -2.48. The van der Waals surface area contributed by atoms with Gasteiger partial charge in [0.1, 0.15) is 12.4 Å². The molecule has 2 saturated heterocycles. The summed E-state index contributed by atoms with van der Waals surface area (Å²) in [6, 6.07) is 10.8. The van der Waals surface area contributed by atoms with Gasteiger partial charge < -0.3 is 9.64 Å². The average Bonchev–Trinajstić information content (AvgIpc) is 3.01. The number of amides is 1. The van der Waals surface area contributed by atoms with Crippen LogP contribution in [0.5, 0.6) is 0 Å². The maximum absolute atomic E-state index is 13.4. The number of piperidine rings is 1. The van der Waals surface area contributed by atoms with E-state index in [1.807, 2.05) is 30.3 Å². The van der Waals surface area contributed by atoms with Crippen LogP contribution in [0.2, 0.25) is 0 Å². The van der Waals surface area contributed by atoms with E-state index in [4.69, 9.17) is 4.74 Å². The lowest BCUT2D eigenvalue weighted by Gasteiger charge is -2.37. The quantitative estimate of drug-likeness (QED) is 0.464. The largest absolute Gasteiger partial charge is 0.445 e. The van der Waals surface area contributed by atoms with E-state index in [1.165, 1.54) is 0 Å². The fourth-order valence-corrected chi connectivity index (χ4v) is 4.67. The second-order valence-electron chi connectivity index (χ2n) is 8.05. The van der Waals surface area contributed by atoms with Crippen LogP contribution in [-0.2, 0) is 17.5 Å². The molecule has 0 radical (unpaired) electrons. The zero-order valence-corrected chi connectivity index (χ0v) is 16.6. The van der Waals surface area contributed by atoms with Crippen molar-refractivity contribution in [3.63, 3.8) is 0 Å². The molecule has 2 unspecified atom stereocenters. The lowest BCUT2D eigenvalue weighted by atomic mass is 9.83. The van der Waals surface area contributed by atoms with Crippen LogP contribution in [0.3, 0.4) is 0 Å². The molecule has 1 amide bonds. The number of hydrogen-bond acceptors (Lipinski definition) is 3. The maximum atomic E-state index is 13.4. The van der Waals surface area contributed by atoms with Gasteiger partial charge in [-0.2, -0.15) is 13.2 Å². The van der Waals surface area contributed by atoms with E-state index < -0.39 is 40.9 Å². The first-order valence-electron chi connectivity index (χ1n) is 10.1. The van der Waals surface area contributed by atoms with Gasteiger partial charge in [0, 0.05) is 23.6 Å². The van der Waals surface area contributed by atoms with Crippen molar-refractivity contribution in [3.8, 4) is 0 Å². The lowest BCUT2D eigenvalue weighted by molar-refractivity contribution is -0.138. The Morgan fingerprint density at radius 1 is 1.00 bits per heavy atom. The van der Waals surface area contributed by atoms with Crippen molar-refractivity contribution in [3.05, 3.63) is 71.0 Å². The van der Waals surface area contributed by atoms with Gasteiger partial charge >= 0.3 is 12.3 Å². The molecule has 0 aliphatic carbocycles. The molecule has 4 rings (SSSR count). The summed E-state index contributed by atoms with van der Waals surface area (Å²) in [4.78, 5) is 27.2. The highest BCUT2D eigenvalue weighted by Gasteiger charge is 2.47. The molecular weight excluding hydrogens is 414 g/mol. The minimum atomic E-state index is -4.83. The fourth-order valence-electron chi connectivity index (χ4n) is 4.67. The minimum absolute atomic E-state index is 0.127. The SMILES string of the molecule is O=C(c1ccc(F)cc1C(F)(F)F)C1CC2CCC(C1)N2C(=O)OCc1ccccc1. The molecule has 31 heavy (non-hydrogen) atoms. The molecule has 0 saturated carbocycles. The number of hydrogen-bond donors (Lipinski definition) is 0. The first kappa shape index (κ1) is 21.3. The molecule has 8 heteroatoms. The van der Waals surface area contributed by atoms with Crippen molar-refractivity contribution in [2.45, 2.75) is 50.6 Å². The number of halogens is 4. The van der Waals surface area contributed by atoms with Gasteiger partial charge in [-0.05, 0) is 49.4 Å². The third-order valence-corrected chi connectivity index (χ3v) is 6.07. The molecule has 2 aliphatic heterocycles. The van der Waals surface area contributed by atoms with Crippen LogP contribution in [0.25, 0.3) is 0 Å². The van der Waals surface area contributed by atoms with Crippen molar-refractivity contribution >= 4 is 11.9 Å². The van der Waals surface area contributed by atoms with Crippen LogP contribution in [0.4, 0.5) is 22.4 Å². The summed E-state index contributed by atoms with van der Waals surface area (Å²) in [6.07, 6.45) is -3.42.